The highest BCUT2D eigenvalue weighted by atomic mass is 32.2. The van der Waals surface area contributed by atoms with Gasteiger partial charge in [0.25, 0.3) is 0 Å². The summed E-state index contributed by atoms with van der Waals surface area (Å²) >= 11 is 2.43. The molecular formula is C22H34S. The Labute approximate surface area is 146 Å². The van der Waals surface area contributed by atoms with Gasteiger partial charge in [-0.15, -0.1) is 0 Å². The highest BCUT2D eigenvalue weighted by molar-refractivity contribution is 7.99. The lowest BCUT2D eigenvalue weighted by molar-refractivity contribution is -0.0413. The molecule has 8 fully saturated rings. The van der Waals surface area contributed by atoms with Gasteiger partial charge in [-0.2, -0.15) is 11.8 Å². The van der Waals surface area contributed by atoms with E-state index in [9.17, 15) is 0 Å². The summed E-state index contributed by atoms with van der Waals surface area (Å²) in [6.07, 6.45) is 19.4. The molecule has 0 nitrogen and oxygen atoms in total. The topological polar surface area (TPSA) is 0 Å². The molecule has 0 N–H and O–H groups in total. The van der Waals surface area contributed by atoms with Crippen LogP contribution in [0.2, 0.25) is 0 Å². The van der Waals surface area contributed by atoms with Gasteiger partial charge in [0.15, 0.2) is 0 Å². The summed E-state index contributed by atoms with van der Waals surface area (Å²) in [5.74, 6) is 9.92. The second-order valence-corrected chi connectivity index (χ2v) is 12.3. The van der Waals surface area contributed by atoms with E-state index in [2.05, 4.69) is 11.8 Å². The monoisotopic (exact) mass is 330 g/mol. The van der Waals surface area contributed by atoms with Gasteiger partial charge >= 0.3 is 0 Å². The van der Waals surface area contributed by atoms with E-state index in [0.29, 0.717) is 0 Å². The van der Waals surface area contributed by atoms with E-state index in [1.807, 2.05) is 0 Å². The largest absolute Gasteiger partial charge is 0.161 e. The lowest BCUT2D eigenvalue weighted by Crippen LogP contribution is -2.49. The van der Waals surface area contributed by atoms with Crippen molar-refractivity contribution in [1.29, 1.82) is 0 Å². The minimum Gasteiger partial charge on any atom is -0.161 e. The predicted molar refractivity (Wildman–Crippen MR) is 98.5 cm³/mol. The van der Waals surface area contributed by atoms with E-state index in [1.165, 1.54) is 11.5 Å². The molecule has 0 heterocycles. The standard InChI is InChI=1S/C22H34S/c1-15-2-17-3-16(1)8-21(7-15,9-17)13-23-14-22-10-18-4-19(11-22)6-20(5-18)12-22/h15-20H,1-14H2. The summed E-state index contributed by atoms with van der Waals surface area (Å²) in [7, 11) is 0. The van der Waals surface area contributed by atoms with Gasteiger partial charge in [0.1, 0.15) is 0 Å². The van der Waals surface area contributed by atoms with Gasteiger partial charge in [-0.1, -0.05) is 0 Å². The Kier molecular flexibility index (Phi) is 3.13. The van der Waals surface area contributed by atoms with Crippen LogP contribution in [0.3, 0.4) is 0 Å². The molecule has 0 amide bonds. The molecule has 0 atom stereocenters. The Balaban J connectivity index is 1.12. The maximum atomic E-state index is 2.43. The molecule has 8 aliphatic rings. The van der Waals surface area contributed by atoms with Crippen molar-refractivity contribution in [1.82, 2.24) is 0 Å². The van der Waals surface area contributed by atoms with Crippen molar-refractivity contribution >= 4 is 11.8 Å². The average Bonchev–Trinajstić information content (AvgIpc) is 2.43. The molecule has 0 spiro atoms. The molecule has 0 unspecified atom stereocenters. The molecular weight excluding hydrogens is 296 g/mol. The molecule has 0 aromatic carbocycles. The molecule has 23 heavy (non-hydrogen) atoms. The third-order valence-electron chi connectivity index (χ3n) is 9.15. The molecule has 8 saturated carbocycles. The fourth-order valence-corrected chi connectivity index (χ4v) is 11.1. The SMILES string of the molecule is C1C2CC3CC1CC(CSCC14CC5CC(CC(C5)C1)C4)(C2)C3. The van der Waals surface area contributed by atoms with Crippen LogP contribution >= 0.6 is 11.8 Å². The minimum absolute atomic E-state index is 0.807. The first-order chi connectivity index (χ1) is 11.2. The summed E-state index contributed by atoms with van der Waals surface area (Å²) in [5.41, 5.74) is 1.61. The maximum absolute atomic E-state index is 2.43. The molecule has 0 aromatic heterocycles. The molecule has 8 bridgehead atoms. The van der Waals surface area contributed by atoms with Crippen LogP contribution < -0.4 is 0 Å². The first-order valence-corrected chi connectivity index (χ1v) is 11.9. The van der Waals surface area contributed by atoms with Gasteiger partial charge in [0.05, 0.1) is 0 Å². The smallest absolute Gasteiger partial charge is 0.00103 e. The van der Waals surface area contributed by atoms with Crippen LogP contribution in [0.5, 0.6) is 0 Å². The van der Waals surface area contributed by atoms with E-state index < -0.39 is 0 Å². The van der Waals surface area contributed by atoms with Crippen LogP contribution in [-0.2, 0) is 0 Å². The van der Waals surface area contributed by atoms with Crippen LogP contribution in [0.1, 0.15) is 77.0 Å². The molecule has 8 rings (SSSR count). The van der Waals surface area contributed by atoms with E-state index in [1.54, 1.807) is 77.0 Å². The predicted octanol–water partition coefficient (Wildman–Crippen LogP) is 6.15. The van der Waals surface area contributed by atoms with E-state index in [4.69, 9.17) is 0 Å². The highest BCUT2D eigenvalue weighted by Crippen LogP contribution is 2.63. The number of rotatable bonds is 4. The number of hydrogen-bond acceptors (Lipinski definition) is 1. The van der Waals surface area contributed by atoms with E-state index >= 15 is 0 Å². The zero-order valence-electron chi connectivity index (χ0n) is 14.8. The van der Waals surface area contributed by atoms with Crippen molar-refractivity contribution in [2.24, 2.45) is 46.3 Å². The zero-order valence-corrected chi connectivity index (χ0v) is 15.6. The molecule has 0 aliphatic heterocycles. The Hall–Kier alpha value is 0.350. The molecule has 0 aromatic rings. The lowest BCUT2D eigenvalue weighted by atomic mass is 9.50. The van der Waals surface area contributed by atoms with Crippen molar-refractivity contribution in [2.45, 2.75) is 77.0 Å². The van der Waals surface area contributed by atoms with Crippen LogP contribution in [0.4, 0.5) is 0 Å². The lowest BCUT2D eigenvalue weighted by Gasteiger charge is -2.58. The zero-order chi connectivity index (χ0) is 15.1. The Morgan fingerprint density at radius 1 is 0.478 bits per heavy atom. The summed E-state index contributed by atoms with van der Waals surface area (Å²) in [4.78, 5) is 0. The van der Waals surface area contributed by atoms with E-state index in [0.717, 1.165) is 46.3 Å². The number of thioether (sulfide) groups is 1. The van der Waals surface area contributed by atoms with Crippen LogP contribution in [0.25, 0.3) is 0 Å². The van der Waals surface area contributed by atoms with Crippen molar-refractivity contribution in [3.63, 3.8) is 0 Å². The van der Waals surface area contributed by atoms with Gasteiger partial charge in [-0.05, 0) is 135 Å². The normalized spacial score (nSPS) is 59.0. The molecule has 0 saturated heterocycles. The van der Waals surface area contributed by atoms with Crippen LogP contribution in [-0.4, -0.2) is 11.5 Å². The second-order valence-electron chi connectivity index (χ2n) is 11.3. The van der Waals surface area contributed by atoms with Gasteiger partial charge in [-0.25, -0.2) is 0 Å². The van der Waals surface area contributed by atoms with Gasteiger partial charge in [0, 0.05) is 0 Å². The van der Waals surface area contributed by atoms with Crippen molar-refractivity contribution in [3.8, 4) is 0 Å². The quantitative estimate of drug-likeness (QED) is 0.595. The maximum Gasteiger partial charge on any atom is -0.00103 e. The fourth-order valence-electron chi connectivity index (χ4n) is 9.42. The molecule has 8 aliphatic carbocycles. The van der Waals surface area contributed by atoms with Crippen LogP contribution in [0.15, 0.2) is 0 Å². The summed E-state index contributed by atoms with van der Waals surface area (Å²) in [6.45, 7) is 0. The minimum atomic E-state index is 0.807. The van der Waals surface area contributed by atoms with Crippen molar-refractivity contribution in [3.05, 3.63) is 0 Å². The van der Waals surface area contributed by atoms with Crippen LogP contribution in [0, 0.1) is 46.3 Å². The number of hydrogen-bond donors (Lipinski definition) is 0. The third kappa shape index (κ3) is 2.38. The Bertz CT molecular complexity index is 378. The first kappa shape index (κ1) is 14.5. The highest BCUT2D eigenvalue weighted by Gasteiger charge is 2.53. The molecule has 128 valence electrons. The Morgan fingerprint density at radius 3 is 1.00 bits per heavy atom. The van der Waals surface area contributed by atoms with Gasteiger partial charge < -0.3 is 0 Å². The van der Waals surface area contributed by atoms with Gasteiger partial charge in [-0.3, -0.25) is 0 Å². The summed E-state index contributed by atoms with van der Waals surface area (Å²) < 4.78 is 0. The summed E-state index contributed by atoms with van der Waals surface area (Å²) in [6, 6.07) is 0. The van der Waals surface area contributed by atoms with Crippen molar-refractivity contribution in [2.75, 3.05) is 11.5 Å². The third-order valence-corrected chi connectivity index (χ3v) is 10.8. The van der Waals surface area contributed by atoms with Gasteiger partial charge in [0.2, 0.25) is 0 Å². The van der Waals surface area contributed by atoms with Crippen molar-refractivity contribution < 1.29 is 0 Å². The second kappa shape index (κ2) is 4.95. The van der Waals surface area contributed by atoms with E-state index in [-0.39, 0.29) is 0 Å². The summed E-state index contributed by atoms with van der Waals surface area (Å²) in [5, 5.41) is 0. The molecule has 1 heteroatoms. The molecule has 0 radical (unpaired) electrons. The Morgan fingerprint density at radius 2 is 0.739 bits per heavy atom. The average molecular weight is 331 g/mol. The first-order valence-electron chi connectivity index (χ1n) is 10.8. The fraction of sp³-hybridized carbons (Fsp3) is 1.00.